The number of ether oxygens (including phenoxy) is 1. The third kappa shape index (κ3) is 4.48. The van der Waals surface area contributed by atoms with E-state index in [0.29, 0.717) is 45.7 Å². The number of likely N-dealkylation sites (tertiary alicyclic amines) is 1. The third-order valence-corrected chi connectivity index (χ3v) is 10.0. The molecule has 0 bridgehead atoms. The minimum absolute atomic E-state index is 0.0945. The predicted molar refractivity (Wildman–Crippen MR) is 158 cm³/mol. The van der Waals surface area contributed by atoms with Crippen LogP contribution in [0.25, 0.3) is 32.9 Å². The van der Waals surface area contributed by atoms with E-state index in [0.717, 1.165) is 9.54 Å². The molecule has 1 atom stereocenters. The predicted octanol–water partition coefficient (Wildman–Crippen LogP) is 4.21. The zero-order valence-corrected chi connectivity index (χ0v) is 24.6. The van der Waals surface area contributed by atoms with Crippen molar-refractivity contribution in [2.24, 2.45) is 0 Å². The molecular formula is C30H26N4O6S2. The molecule has 0 aliphatic carbocycles. The number of thiazole rings is 1. The number of benzene rings is 2. The molecule has 4 heterocycles. The van der Waals surface area contributed by atoms with Gasteiger partial charge in [0, 0.05) is 54.3 Å². The van der Waals surface area contributed by atoms with Crippen molar-refractivity contribution < 1.29 is 27.9 Å². The van der Waals surface area contributed by atoms with Crippen molar-refractivity contribution in [1.29, 1.82) is 0 Å². The van der Waals surface area contributed by atoms with Gasteiger partial charge < -0.3 is 14.7 Å². The van der Waals surface area contributed by atoms with Crippen LogP contribution >= 0.6 is 11.3 Å². The zero-order chi connectivity index (χ0) is 29.8. The monoisotopic (exact) mass is 602 g/mol. The summed E-state index contributed by atoms with van der Waals surface area (Å²) in [5.41, 5.74) is 1.85. The van der Waals surface area contributed by atoms with E-state index in [9.17, 15) is 23.1 Å². The molecule has 0 radical (unpaired) electrons. The van der Waals surface area contributed by atoms with Gasteiger partial charge in [-0.05, 0) is 36.8 Å². The van der Waals surface area contributed by atoms with E-state index in [1.54, 1.807) is 43.4 Å². The second kappa shape index (κ2) is 10.2. The number of methoxy groups -OCH3 is 1. The number of pyridine rings is 1. The van der Waals surface area contributed by atoms with Crippen LogP contribution in [0.2, 0.25) is 0 Å². The molecule has 3 aromatic heterocycles. The van der Waals surface area contributed by atoms with Crippen LogP contribution in [0, 0.1) is 6.92 Å². The van der Waals surface area contributed by atoms with Crippen molar-refractivity contribution in [2.45, 2.75) is 23.8 Å². The fourth-order valence-corrected chi connectivity index (χ4v) is 7.25. The van der Waals surface area contributed by atoms with Crippen molar-refractivity contribution in [2.75, 3.05) is 20.7 Å². The highest BCUT2D eigenvalue weighted by Crippen LogP contribution is 2.38. The number of rotatable bonds is 6. The van der Waals surface area contributed by atoms with Crippen LogP contribution in [-0.2, 0) is 25.2 Å². The number of hydrogen-bond acceptors (Lipinski definition) is 9. The maximum Gasteiger partial charge on any atom is 0.339 e. The number of fused-ring (bicyclic) bond motifs is 1. The quantitative estimate of drug-likeness (QED) is 0.286. The van der Waals surface area contributed by atoms with Gasteiger partial charge in [0.05, 0.1) is 23.3 Å². The molecule has 1 amide bonds. The fraction of sp³-hybridized carbons (Fsp3) is 0.200. The van der Waals surface area contributed by atoms with Crippen molar-refractivity contribution >= 4 is 44.3 Å². The molecule has 0 unspecified atom stereocenters. The lowest BCUT2D eigenvalue weighted by molar-refractivity contribution is -0.143. The summed E-state index contributed by atoms with van der Waals surface area (Å²) in [4.78, 5) is 35.7. The van der Waals surface area contributed by atoms with Crippen molar-refractivity contribution in [3.05, 3.63) is 89.1 Å². The largest absolute Gasteiger partial charge is 0.465 e. The SMILES string of the molecule is COC(=O)c1cnc2c(c1)c(-c1nc(-c3cccc([C@]4(O)CCN(C)C4=O)c3)cs1)cn2S(=O)(=O)c1ccc(C)cc1. The van der Waals surface area contributed by atoms with E-state index in [1.165, 1.54) is 47.9 Å². The maximum absolute atomic E-state index is 13.7. The number of aryl methyl sites for hydroxylation is 1. The Labute approximate surface area is 245 Å². The Morgan fingerprint density at radius 2 is 1.90 bits per heavy atom. The van der Waals surface area contributed by atoms with Gasteiger partial charge in [0.25, 0.3) is 15.9 Å². The summed E-state index contributed by atoms with van der Waals surface area (Å²) in [6, 6.07) is 15.1. The molecule has 12 heteroatoms. The number of hydrogen-bond donors (Lipinski definition) is 1. The summed E-state index contributed by atoms with van der Waals surface area (Å²) < 4.78 is 33.4. The second-order valence-electron chi connectivity index (χ2n) is 10.2. The first-order chi connectivity index (χ1) is 20.0. The normalized spacial score (nSPS) is 17.2. The van der Waals surface area contributed by atoms with E-state index in [-0.39, 0.29) is 22.0 Å². The Kier molecular flexibility index (Phi) is 6.71. The summed E-state index contributed by atoms with van der Waals surface area (Å²) >= 11 is 1.29. The van der Waals surface area contributed by atoms with Crippen LogP contribution < -0.4 is 0 Å². The standard InChI is InChI=1S/C30H26N4O6S2/c1-18-7-9-22(10-8-18)42(38,39)34-16-24(23-14-20(28(35)40-3)15-31-26(23)34)27-32-25(17-41-27)19-5-4-6-21(13-19)30(37)11-12-33(2)29(30)36/h4-10,13-17,37H,11-12H2,1-3H3/t30-/m1/s1. The van der Waals surface area contributed by atoms with Gasteiger partial charge in [-0.1, -0.05) is 35.9 Å². The first-order valence-corrected chi connectivity index (χ1v) is 15.3. The Morgan fingerprint density at radius 3 is 2.60 bits per heavy atom. The van der Waals surface area contributed by atoms with E-state index in [4.69, 9.17) is 9.72 Å². The summed E-state index contributed by atoms with van der Waals surface area (Å²) in [6.07, 6.45) is 3.03. The molecule has 1 N–H and O–H groups in total. The number of likely N-dealkylation sites (N-methyl/N-ethyl adjacent to an activating group) is 1. The lowest BCUT2D eigenvalue weighted by atomic mass is 9.90. The van der Waals surface area contributed by atoms with Crippen LogP contribution in [0.5, 0.6) is 0 Å². The summed E-state index contributed by atoms with van der Waals surface area (Å²) in [5, 5.41) is 13.9. The van der Waals surface area contributed by atoms with Crippen molar-refractivity contribution in [1.82, 2.24) is 18.8 Å². The van der Waals surface area contributed by atoms with Crippen molar-refractivity contribution in [3.63, 3.8) is 0 Å². The highest BCUT2D eigenvalue weighted by molar-refractivity contribution is 7.90. The molecule has 10 nitrogen and oxygen atoms in total. The van der Waals surface area contributed by atoms with Crippen LogP contribution in [0.15, 0.2) is 77.3 Å². The molecule has 42 heavy (non-hydrogen) atoms. The van der Waals surface area contributed by atoms with Crippen LogP contribution in [0.3, 0.4) is 0 Å². The molecule has 6 rings (SSSR count). The molecule has 5 aromatic rings. The number of esters is 1. The van der Waals surface area contributed by atoms with Gasteiger partial charge in [-0.3, -0.25) is 4.79 Å². The van der Waals surface area contributed by atoms with Gasteiger partial charge in [-0.15, -0.1) is 11.3 Å². The van der Waals surface area contributed by atoms with E-state index < -0.39 is 21.6 Å². The number of carbonyl (C=O) groups is 2. The third-order valence-electron chi connectivity index (χ3n) is 7.49. The van der Waals surface area contributed by atoms with Crippen LogP contribution in [-0.4, -0.2) is 64.9 Å². The minimum atomic E-state index is -4.03. The lowest BCUT2D eigenvalue weighted by Crippen LogP contribution is -2.36. The lowest BCUT2D eigenvalue weighted by Gasteiger charge is -2.21. The van der Waals surface area contributed by atoms with Crippen LogP contribution in [0.1, 0.15) is 27.9 Å². The second-order valence-corrected chi connectivity index (χ2v) is 12.9. The van der Waals surface area contributed by atoms with Crippen LogP contribution in [0.4, 0.5) is 0 Å². The van der Waals surface area contributed by atoms with Gasteiger partial charge in [0.15, 0.2) is 11.2 Å². The summed E-state index contributed by atoms with van der Waals surface area (Å²) in [5.74, 6) is -0.957. The Morgan fingerprint density at radius 1 is 1.14 bits per heavy atom. The maximum atomic E-state index is 13.7. The molecule has 0 saturated carbocycles. The van der Waals surface area contributed by atoms with Gasteiger partial charge in [-0.25, -0.2) is 27.2 Å². The van der Waals surface area contributed by atoms with E-state index >= 15 is 0 Å². The fourth-order valence-electron chi connectivity index (χ4n) is 5.07. The number of aliphatic hydroxyl groups is 1. The number of amides is 1. The first-order valence-electron chi connectivity index (χ1n) is 13.0. The average molecular weight is 603 g/mol. The highest BCUT2D eigenvalue weighted by atomic mass is 32.2. The Hall–Kier alpha value is -4.39. The summed E-state index contributed by atoms with van der Waals surface area (Å²) in [7, 11) is -1.12. The molecule has 2 aromatic carbocycles. The van der Waals surface area contributed by atoms with E-state index in [2.05, 4.69) is 4.98 Å². The number of carbonyl (C=O) groups excluding carboxylic acids is 2. The molecule has 1 fully saturated rings. The van der Waals surface area contributed by atoms with Gasteiger partial charge in [-0.2, -0.15) is 0 Å². The zero-order valence-electron chi connectivity index (χ0n) is 22.9. The molecule has 1 aliphatic heterocycles. The minimum Gasteiger partial charge on any atom is -0.465 e. The summed E-state index contributed by atoms with van der Waals surface area (Å²) in [6.45, 7) is 2.33. The molecule has 1 saturated heterocycles. The molecule has 214 valence electrons. The van der Waals surface area contributed by atoms with Gasteiger partial charge in [0.1, 0.15) is 5.01 Å². The van der Waals surface area contributed by atoms with E-state index in [1.807, 2.05) is 18.4 Å². The topological polar surface area (TPSA) is 132 Å². The number of nitrogens with zero attached hydrogens (tertiary/aromatic N) is 4. The Balaban J connectivity index is 1.47. The van der Waals surface area contributed by atoms with Gasteiger partial charge in [0.2, 0.25) is 0 Å². The van der Waals surface area contributed by atoms with Gasteiger partial charge >= 0.3 is 5.97 Å². The smallest absolute Gasteiger partial charge is 0.339 e. The molecule has 1 aliphatic rings. The Bertz CT molecular complexity index is 1980. The molecular weight excluding hydrogens is 576 g/mol. The number of aromatic nitrogens is 3. The average Bonchev–Trinajstić information content (AvgIpc) is 3.70. The first kappa shape index (κ1) is 27.8. The van der Waals surface area contributed by atoms with Crippen molar-refractivity contribution in [3.8, 4) is 21.8 Å². The molecule has 0 spiro atoms. The highest BCUT2D eigenvalue weighted by Gasteiger charge is 2.45.